The SMILES string of the molecule is O=C1N[C@H](C=C(c2ccccc2)c2ccccc2)[C@@H]1N1C(=O)c2ccccc2C1=O. The van der Waals surface area contributed by atoms with E-state index in [1.54, 1.807) is 24.3 Å². The average Bonchev–Trinajstić information content (AvgIpc) is 3.03. The standard InChI is InChI=1S/C25H18N2O3/c28-23-22(27-24(29)18-13-7-8-14-19(18)25(27)30)21(26-23)15-20(16-9-3-1-4-10-16)17-11-5-2-6-12-17/h1-15,21-22H,(H,26,28)/t21-,22+/m1/s1. The minimum Gasteiger partial charge on any atom is -0.345 e. The first-order chi connectivity index (χ1) is 14.6. The van der Waals surface area contributed by atoms with Crippen LogP contribution in [0.2, 0.25) is 0 Å². The van der Waals surface area contributed by atoms with Crippen molar-refractivity contribution in [1.29, 1.82) is 0 Å². The summed E-state index contributed by atoms with van der Waals surface area (Å²) in [6.07, 6.45) is 1.93. The van der Waals surface area contributed by atoms with Gasteiger partial charge in [-0.25, -0.2) is 0 Å². The van der Waals surface area contributed by atoms with Crippen LogP contribution in [0.25, 0.3) is 5.57 Å². The summed E-state index contributed by atoms with van der Waals surface area (Å²) in [5, 5.41) is 2.85. The molecular formula is C25H18N2O3. The summed E-state index contributed by atoms with van der Waals surface area (Å²) in [4.78, 5) is 39.3. The van der Waals surface area contributed by atoms with E-state index in [1.807, 2.05) is 66.7 Å². The van der Waals surface area contributed by atoms with Gasteiger partial charge in [0.05, 0.1) is 17.2 Å². The van der Waals surface area contributed by atoms with E-state index < -0.39 is 23.9 Å². The number of carbonyl (C=O) groups is 3. The molecule has 30 heavy (non-hydrogen) atoms. The van der Waals surface area contributed by atoms with Crippen molar-refractivity contribution in [2.24, 2.45) is 0 Å². The van der Waals surface area contributed by atoms with E-state index in [-0.39, 0.29) is 5.91 Å². The third-order valence-electron chi connectivity index (χ3n) is 5.54. The summed E-state index contributed by atoms with van der Waals surface area (Å²) < 4.78 is 0. The molecule has 2 aliphatic heterocycles. The van der Waals surface area contributed by atoms with E-state index in [4.69, 9.17) is 0 Å². The molecule has 0 bridgehead atoms. The summed E-state index contributed by atoms with van der Waals surface area (Å²) >= 11 is 0. The molecule has 5 rings (SSSR count). The van der Waals surface area contributed by atoms with Gasteiger partial charge in [-0.05, 0) is 28.8 Å². The van der Waals surface area contributed by atoms with Gasteiger partial charge >= 0.3 is 0 Å². The lowest BCUT2D eigenvalue weighted by Crippen LogP contribution is -2.69. The van der Waals surface area contributed by atoms with Crippen molar-refractivity contribution in [2.75, 3.05) is 0 Å². The van der Waals surface area contributed by atoms with Crippen molar-refractivity contribution in [2.45, 2.75) is 12.1 Å². The highest BCUT2D eigenvalue weighted by molar-refractivity contribution is 6.23. The number of carbonyl (C=O) groups excluding carboxylic acids is 3. The number of fused-ring (bicyclic) bond motifs is 1. The van der Waals surface area contributed by atoms with Crippen LogP contribution in [0.1, 0.15) is 31.8 Å². The molecule has 0 unspecified atom stereocenters. The zero-order valence-electron chi connectivity index (χ0n) is 16.0. The molecule has 5 nitrogen and oxygen atoms in total. The number of amides is 3. The molecule has 0 saturated carbocycles. The molecule has 1 saturated heterocycles. The first kappa shape index (κ1) is 18.1. The van der Waals surface area contributed by atoms with Crippen molar-refractivity contribution in [3.8, 4) is 0 Å². The van der Waals surface area contributed by atoms with Crippen LogP contribution in [-0.2, 0) is 4.79 Å². The van der Waals surface area contributed by atoms with Gasteiger partial charge in [-0.3, -0.25) is 19.3 Å². The number of benzene rings is 3. The molecule has 1 fully saturated rings. The maximum Gasteiger partial charge on any atom is 0.262 e. The zero-order valence-corrected chi connectivity index (χ0v) is 16.0. The fraction of sp³-hybridized carbons (Fsp3) is 0.0800. The Bertz CT molecular complexity index is 1110. The number of hydrogen-bond donors (Lipinski definition) is 1. The van der Waals surface area contributed by atoms with E-state index in [2.05, 4.69) is 5.32 Å². The smallest absolute Gasteiger partial charge is 0.262 e. The lowest BCUT2D eigenvalue weighted by molar-refractivity contribution is -0.133. The van der Waals surface area contributed by atoms with Gasteiger partial charge in [0.25, 0.3) is 11.8 Å². The molecule has 2 heterocycles. The fourth-order valence-corrected chi connectivity index (χ4v) is 4.04. The molecule has 3 aromatic rings. The second kappa shape index (κ2) is 7.12. The van der Waals surface area contributed by atoms with Gasteiger partial charge in [-0.2, -0.15) is 0 Å². The summed E-state index contributed by atoms with van der Waals surface area (Å²) in [6, 6.07) is 25.0. The van der Waals surface area contributed by atoms with Crippen molar-refractivity contribution in [3.63, 3.8) is 0 Å². The molecule has 0 radical (unpaired) electrons. The van der Waals surface area contributed by atoms with Gasteiger partial charge in [0.2, 0.25) is 5.91 Å². The summed E-state index contributed by atoms with van der Waals surface area (Å²) in [5.74, 6) is -1.17. The monoisotopic (exact) mass is 394 g/mol. The van der Waals surface area contributed by atoms with Crippen LogP contribution < -0.4 is 5.32 Å². The van der Waals surface area contributed by atoms with Gasteiger partial charge in [0.1, 0.15) is 6.04 Å². The largest absolute Gasteiger partial charge is 0.345 e. The molecule has 0 aromatic heterocycles. The second-order valence-electron chi connectivity index (χ2n) is 7.32. The second-order valence-corrected chi connectivity index (χ2v) is 7.32. The third-order valence-corrected chi connectivity index (χ3v) is 5.54. The Labute approximate surface area is 173 Å². The molecule has 0 spiro atoms. The van der Waals surface area contributed by atoms with Gasteiger partial charge < -0.3 is 5.32 Å². The normalized spacial score (nSPS) is 19.7. The first-order valence-electron chi connectivity index (χ1n) is 9.75. The summed E-state index contributed by atoms with van der Waals surface area (Å²) in [6.45, 7) is 0. The average molecular weight is 394 g/mol. The van der Waals surface area contributed by atoms with Gasteiger partial charge in [-0.1, -0.05) is 78.9 Å². The van der Waals surface area contributed by atoms with E-state index in [0.717, 1.165) is 21.6 Å². The van der Waals surface area contributed by atoms with Gasteiger partial charge in [0, 0.05) is 0 Å². The van der Waals surface area contributed by atoms with E-state index in [9.17, 15) is 14.4 Å². The van der Waals surface area contributed by atoms with Crippen LogP contribution >= 0.6 is 0 Å². The highest BCUT2D eigenvalue weighted by atomic mass is 16.2. The number of nitrogens with one attached hydrogen (secondary N) is 1. The molecule has 3 amide bonds. The third kappa shape index (κ3) is 2.83. The Kier molecular flexibility index (Phi) is 4.29. The lowest BCUT2D eigenvalue weighted by atomic mass is 9.90. The maximum atomic E-state index is 12.9. The Hall–Kier alpha value is -3.99. The van der Waals surface area contributed by atoms with Crippen LogP contribution in [0.15, 0.2) is 91.0 Å². The van der Waals surface area contributed by atoms with Crippen molar-refractivity contribution in [1.82, 2.24) is 10.2 Å². The fourth-order valence-electron chi connectivity index (χ4n) is 4.04. The van der Waals surface area contributed by atoms with Crippen LogP contribution in [0, 0.1) is 0 Å². The van der Waals surface area contributed by atoms with Crippen molar-refractivity contribution >= 4 is 23.3 Å². The quantitative estimate of drug-likeness (QED) is 0.546. The van der Waals surface area contributed by atoms with Crippen molar-refractivity contribution in [3.05, 3.63) is 113 Å². The van der Waals surface area contributed by atoms with Crippen LogP contribution in [0.4, 0.5) is 0 Å². The van der Waals surface area contributed by atoms with Crippen LogP contribution in [-0.4, -0.2) is 34.7 Å². The lowest BCUT2D eigenvalue weighted by Gasteiger charge is -2.39. The van der Waals surface area contributed by atoms with E-state index >= 15 is 0 Å². The number of hydrogen-bond acceptors (Lipinski definition) is 3. The summed E-state index contributed by atoms with van der Waals surface area (Å²) in [7, 11) is 0. The minimum absolute atomic E-state index is 0.328. The van der Waals surface area contributed by atoms with Gasteiger partial charge in [0.15, 0.2) is 0 Å². The predicted octanol–water partition coefficient (Wildman–Crippen LogP) is 3.28. The molecule has 3 aromatic carbocycles. The number of nitrogens with zero attached hydrogens (tertiary/aromatic N) is 1. The Morgan fingerprint density at radius 1 is 0.700 bits per heavy atom. The number of β-lactam (4-membered cyclic amide) rings is 1. The van der Waals surface area contributed by atoms with E-state index in [0.29, 0.717) is 11.1 Å². The number of imide groups is 1. The first-order valence-corrected chi connectivity index (χ1v) is 9.75. The molecule has 146 valence electrons. The molecule has 2 atom stereocenters. The Morgan fingerprint density at radius 2 is 1.17 bits per heavy atom. The Balaban J connectivity index is 1.54. The predicted molar refractivity (Wildman–Crippen MR) is 113 cm³/mol. The van der Waals surface area contributed by atoms with Crippen LogP contribution in [0.5, 0.6) is 0 Å². The van der Waals surface area contributed by atoms with Crippen LogP contribution in [0.3, 0.4) is 0 Å². The molecule has 5 heteroatoms. The van der Waals surface area contributed by atoms with Crippen molar-refractivity contribution < 1.29 is 14.4 Å². The van der Waals surface area contributed by atoms with Gasteiger partial charge in [-0.15, -0.1) is 0 Å². The Morgan fingerprint density at radius 3 is 1.63 bits per heavy atom. The maximum absolute atomic E-state index is 12.9. The number of rotatable bonds is 4. The molecular weight excluding hydrogens is 376 g/mol. The highest BCUT2D eigenvalue weighted by Crippen LogP contribution is 2.31. The zero-order chi connectivity index (χ0) is 20.7. The topological polar surface area (TPSA) is 66.5 Å². The minimum atomic E-state index is -0.861. The highest BCUT2D eigenvalue weighted by Gasteiger charge is 2.51. The molecule has 0 aliphatic carbocycles. The van der Waals surface area contributed by atoms with E-state index in [1.165, 1.54) is 0 Å². The summed E-state index contributed by atoms with van der Waals surface area (Å²) in [5.41, 5.74) is 3.60. The molecule has 2 aliphatic rings. The molecule has 1 N–H and O–H groups in total.